The number of benzene rings is 1. The number of nitrogens with one attached hydrogen (secondary N) is 3. The van der Waals surface area contributed by atoms with E-state index in [2.05, 4.69) is 30.0 Å². The highest BCUT2D eigenvalue weighted by Gasteiger charge is 2.27. The zero-order chi connectivity index (χ0) is 19.1. The Morgan fingerprint density at radius 3 is 2.58 bits per heavy atom. The molecule has 1 aromatic carbocycles. The average molecular weight is 380 g/mol. The first kappa shape index (κ1) is 20.3. The molecular formula is C19H29N3O3S. The molecule has 0 heterocycles. The molecular weight excluding hydrogens is 350 g/mol. The SMILES string of the molecule is COc1ccc(CC(=O)NNC(=S)N[C@H]2CCC[C@@H](C)[C@H]2C)cc1OC. The predicted octanol–water partition coefficient (Wildman–Crippen LogP) is 2.57. The number of hydrazine groups is 1. The van der Waals surface area contributed by atoms with E-state index in [4.69, 9.17) is 21.7 Å². The van der Waals surface area contributed by atoms with Gasteiger partial charge in [0.1, 0.15) is 0 Å². The quantitative estimate of drug-likeness (QED) is 0.540. The first-order valence-corrected chi connectivity index (χ1v) is 9.41. The Hall–Kier alpha value is -2.02. The molecule has 1 aliphatic rings. The van der Waals surface area contributed by atoms with Gasteiger partial charge < -0.3 is 14.8 Å². The lowest BCUT2D eigenvalue weighted by Crippen LogP contribution is -2.52. The molecule has 2 rings (SSSR count). The summed E-state index contributed by atoms with van der Waals surface area (Å²) < 4.78 is 10.5. The van der Waals surface area contributed by atoms with Gasteiger partial charge in [-0.05, 0) is 48.2 Å². The Bertz CT molecular complexity index is 638. The molecule has 144 valence electrons. The van der Waals surface area contributed by atoms with Crippen LogP contribution in [0, 0.1) is 11.8 Å². The molecule has 6 nitrogen and oxygen atoms in total. The van der Waals surface area contributed by atoms with Crippen LogP contribution in [0.15, 0.2) is 18.2 Å². The number of hydrogen-bond acceptors (Lipinski definition) is 4. The molecule has 1 aromatic rings. The second-order valence-corrected chi connectivity index (χ2v) is 7.29. The van der Waals surface area contributed by atoms with Crippen molar-refractivity contribution >= 4 is 23.2 Å². The van der Waals surface area contributed by atoms with Gasteiger partial charge in [0.25, 0.3) is 0 Å². The Kier molecular flexibility index (Phi) is 7.50. The molecule has 0 spiro atoms. The van der Waals surface area contributed by atoms with E-state index in [1.807, 2.05) is 6.07 Å². The summed E-state index contributed by atoms with van der Waals surface area (Å²) in [6.07, 6.45) is 3.79. The maximum Gasteiger partial charge on any atom is 0.242 e. The summed E-state index contributed by atoms with van der Waals surface area (Å²) in [4.78, 5) is 12.1. The molecule has 0 bridgehead atoms. The van der Waals surface area contributed by atoms with Gasteiger partial charge in [-0.25, -0.2) is 0 Å². The molecule has 26 heavy (non-hydrogen) atoms. The van der Waals surface area contributed by atoms with E-state index in [0.29, 0.717) is 34.5 Å². The number of amides is 1. The van der Waals surface area contributed by atoms with Crippen LogP contribution in [0.5, 0.6) is 11.5 Å². The topological polar surface area (TPSA) is 71.6 Å². The minimum atomic E-state index is -0.175. The van der Waals surface area contributed by atoms with Gasteiger partial charge in [-0.15, -0.1) is 0 Å². The minimum Gasteiger partial charge on any atom is -0.493 e. The zero-order valence-corrected chi connectivity index (χ0v) is 16.7. The van der Waals surface area contributed by atoms with E-state index >= 15 is 0 Å². The molecule has 0 aliphatic heterocycles. The minimum absolute atomic E-state index is 0.175. The molecule has 0 aromatic heterocycles. The number of ether oxygens (including phenoxy) is 2. The third-order valence-corrected chi connectivity index (χ3v) is 5.37. The van der Waals surface area contributed by atoms with Crippen molar-refractivity contribution < 1.29 is 14.3 Å². The summed E-state index contributed by atoms with van der Waals surface area (Å²) >= 11 is 5.31. The summed E-state index contributed by atoms with van der Waals surface area (Å²) in [5.41, 5.74) is 6.28. The van der Waals surface area contributed by atoms with Crippen LogP contribution in [-0.4, -0.2) is 31.3 Å². The summed E-state index contributed by atoms with van der Waals surface area (Å²) in [5.74, 6) is 2.31. The van der Waals surface area contributed by atoms with Gasteiger partial charge in [0, 0.05) is 6.04 Å². The number of methoxy groups -OCH3 is 2. The normalized spacial score (nSPS) is 22.2. The van der Waals surface area contributed by atoms with Crippen molar-refractivity contribution in [3.63, 3.8) is 0 Å². The Labute approximate surface area is 161 Å². The first-order chi connectivity index (χ1) is 12.4. The molecule has 1 amide bonds. The smallest absolute Gasteiger partial charge is 0.242 e. The van der Waals surface area contributed by atoms with Crippen molar-refractivity contribution in [3.05, 3.63) is 23.8 Å². The van der Waals surface area contributed by atoms with Crippen molar-refractivity contribution in [2.24, 2.45) is 11.8 Å². The standard InChI is InChI=1S/C19H29N3O3S/c1-12-6-5-7-15(13(12)2)20-19(26)22-21-18(23)11-14-8-9-16(24-3)17(10-14)25-4/h8-10,12-13,15H,5-7,11H2,1-4H3,(H,21,23)(H2,20,22,26)/t12-,13-,15+/m1/s1. The van der Waals surface area contributed by atoms with Gasteiger partial charge in [-0.3, -0.25) is 15.6 Å². The van der Waals surface area contributed by atoms with Gasteiger partial charge in [-0.2, -0.15) is 0 Å². The van der Waals surface area contributed by atoms with Crippen LogP contribution in [0.3, 0.4) is 0 Å². The van der Waals surface area contributed by atoms with Gasteiger partial charge in [0.15, 0.2) is 16.6 Å². The van der Waals surface area contributed by atoms with Crippen LogP contribution >= 0.6 is 12.2 Å². The van der Waals surface area contributed by atoms with Crippen LogP contribution in [0.25, 0.3) is 0 Å². The van der Waals surface area contributed by atoms with Crippen molar-refractivity contribution in [2.45, 2.75) is 45.6 Å². The Morgan fingerprint density at radius 2 is 1.88 bits per heavy atom. The van der Waals surface area contributed by atoms with Crippen LogP contribution in [0.4, 0.5) is 0 Å². The fourth-order valence-electron chi connectivity index (χ4n) is 3.34. The Balaban J connectivity index is 1.80. The zero-order valence-electron chi connectivity index (χ0n) is 15.9. The molecule has 1 saturated carbocycles. The first-order valence-electron chi connectivity index (χ1n) is 9.00. The monoisotopic (exact) mass is 379 g/mol. The van der Waals surface area contributed by atoms with Gasteiger partial charge in [0.05, 0.1) is 20.6 Å². The molecule has 0 radical (unpaired) electrons. The van der Waals surface area contributed by atoms with Crippen LogP contribution in [0.2, 0.25) is 0 Å². The third kappa shape index (κ3) is 5.49. The predicted molar refractivity (Wildman–Crippen MR) is 106 cm³/mol. The lowest BCUT2D eigenvalue weighted by Gasteiger charge is -2.35. The second kappa shape index (κ2) is 9.62. The molecule has 3 N–H and O–H groups in total. The maximum atomic E-state index is 12.1. The fraction of sp³-hybridized carbons (Fsp3) is 0.579. The second-order valence-electron chi connectivity index (χ2n) is 6.89. The summed E-state index contributed by atoms with van der Waals surface area (Å²) in [6.45, 7) is 4.53. The van der Waals surface area contributed by atoms with Gasteiger partial charge in [-0.1, -0.05) is 32.8 Å². The number of thiocarbonyl (C=S) groups is 1. The summed E-state index contributed by atoms with van der Waals surface area (Å²) in [7, 11) is 3.15. The van der Waals surface area contributed by atoms with Crippen LogP contribution < -0.4 is 25.6 Å². The highest BCUT2D eigenvalue weighted by molar-refractivity contribution is 7.80. The van der Waals surface area contributed by atoms with Crippen LogP contribution in [-0.2, 0) is 11.2 Å². The van der Waals surface area contributed by atoms with E-state index in [9.17, 15) is 4.79 Å². The molecule has 7 heteroatoms. The van der Waals surface area contributed by atoms with Crippen molar-refractivity contribution in [3.8, 4) is 11.5 Å². The highest BCUT2D eigenvalue weighted by Crippen LogP contribution is 2.29. The maximum absolute atomic E-state index is 12.1. The number of rotatable bonds is 5. The number of carbonyl (C=O) groups excluding carboxylic acids is 1. The lowest BCUT2D eigenvalue weighted by molar-refractivity contribution is -0.121. The molecule has 3 atom stereocenters. The van der Waals surface area contributed by atoms with E-state index in [1.54, 1.807) is 26.4 Å². The largest absolute Gasteiger partial charge is 0.493 e. The highest BCUT2D eigenvalue weighted by atomic mass is 32.1. The summed E-state index contributed by atoms with van der Waals surface area (Å²) in [5, 5.41) is 3.78. The van der Waals surface area contributed by atoms with Crippen molar-refractivity contribution in [1.29, 1.82) is 0 Å². The van der Waals surface area contributed by atoms with Crippen molar-refractivity contribution in [1.82, 2.24) is 16.2 Å². The van der Waals surface area contributed by atoms with E-state index in [0.717, 1.165) is 12.0 Å². The molecule has 1 fully saturated rings. The van der Waals surface area contributed by atoms with E-state index in [-0.39, 0.29) is 12.3 Å². The molecule has 0 unspecified atom stereocenters. The molecule has 1 aliphatic carbocycles. The van der Waals surface area contributed by atoms with E-state index < -0.39 is 0 Å². The third-order valence-electron chi connectivity index (χ3n) is 5.15. The van der Waals surface area contributed by atoms with Gasteiger partial charge in [0.2, 0.25) is 5.91 Å². The van der Waals surface area contributed by atoms with Crippen LogP contribution in [0.1, 0.15) is 38.7 Å². The van der Waals surface area contributed by atoms with E-state index in [1.165, 1.54) is 12.8 Å². The lowest BCUT2D eigenvalue weighted by atomic mass is 9.78. The summed E-state index contributed by atoms with van der Waals surface area (Å²) in [6, 6.07) is 5.76. The molecule has 0 saturated heterocycles. The number of carbonyl (C=O) groups is 1. The average Bonchev–Trinajstić information content (AvgIpc) is 2.63. The Morgan fingerprint density at radius 1 is 1.15 bits per heavy atom. The fourth-order valence-corrected chi connectivity index (χ4v) is 3.54. The van der Waals surface area contributed by atoms with Gasteiger partial charge >= 0.3 is 0 Å². The number of hydrogen-bond donors (Lipinski definition) is 3. The van der Waals surface area contributed by atoms with Crippen molar-refractivity contribution in [2.75, 3.05) is 14.2 Å².